The van der Waals surface area contributed by atoms with Crippen LogP contribution < -0.4 is 4.57 Å². The third kappa shape index (κ3) is 0.607. The summed E-state index contributed by atoms with van der Waals surface area (Å²) in [6.45, 7) is 1.85. The molecule has 7 heavy (non-hydrogen) atoms. The van der Waals surface area contributed by atoms with Crippen LogP contribution in [0, 0.1) is 6.92 Å². The highest BCUT2D eigenvalue weighted by Gasteiger charge is 1.99. The molecule has 0 unspecified atom stereocenters. The fourth-order valence-electron chi connectivity index (χ4n) is 0.316. The Kier molecular flexibility index (Phi) is 0.817. The summed E-state index contributed by atoms with van der Waals surface area (Å²) >= 11 is 0. The lowest BCUT2D eigenvalue weighted by Crippen LogP contribution is -2.27. The van der Waals surface area contributed by atoms with E-state index in [4.69, 9.17) is 0 Å². The minimum atomic E-state index is 0.819. The Hall–Kier alpha value is -0.860. The Labute approximate surface area is 41.6 Å². The third-order valence-electron chi connectivity index (χ3n) is 0.902. The SMILES string of the molecule is Cc1onc[n+]1C. The Bertz CT molecular complexity index is 142. The molecule has 3 nitrogen and oxygen atoms in total. The van der Waals surface area contributed by atoms with Gasteiger partial charge in [-0.3, -0.25) is 0 Å². The van der Waals surface area contributed by atoms with Gasteiger partial charge in [0.15, 0.2) is 5.16 Å². The maximum absolute atomic E-state index is 4.68. The molecule has 0 saturated heterocycles. The average molecular weight is 99.1 g/mol. The zero-order chi connectivity index (χ0) is 5.28. The van der Waals surface area contributed by atoms with Gasteiger partial charge in [0, 0.05) is 6.92 Å². The van der Waals surface area contributed by atoms with Gasteiger partial charge in [-0.2, -0.15) is 4.57 Å². The van der Waals surface area contributed by atoms with Gasteiger partial charge < -0.3 is 0 Å². The molecule has 38 valence electrons. The molecule has 1 heterocycles. The number of hydrogen-bond acceptors (Lipinski definition) is 2. The van der Waals surface area contributed by atoms with Crippen LogP contribution in [0.25, 0.3) is 0 Å². The number of rotatable bonds is 0. The smallest absolute Gasteiger partial charge is 0.219 e. The third-order valence-corrected chi connectivity index (χ3v) is 0.902. The van der Waals surface area contributed by atoms with Crippen LogP contribution in [-0.2, 0) is 7.05 Å². The molecule has 3 heteroatoms. The van der Waals surface area contributed by atoms with E-state index in [0.29, 0.717) is 0 Å². The van der Waals surface area contributed by atoms with E-state index in [2.05, 4.69) is 9.68 Å². The highest BCUT2D eigenvalue weighted by Crippen LogP contribution is 1.77. The molecular formula is C4H7N2O+. The van der Waals surface area contributed by atoms with Gasteiger partial charge in [-0.05, 0) is 0 Å². The van der Waals surface area contributed by atoms with Gasteiger partial charge in [-0.25, -0.2) is 4.52 Å². The second-order valence-corrected chi connectivity index (χ2v) is 1.44. The predicted molar refractivity (Wildman–Crippen MR) is 22.4 cm³/mol. The van der Waals surface area contributed by atoms with Crippen LogP contribution in [0.4, 0.5) is 0 Å². The molecule has 0 aliphatic carbocycles. The topological polar surface area (TPSA) is 29.9 Å². The highest BCUT2D eigenvalue weighted by atomic mass is 16.5. The Morgan fingerprint density at radius 2 is 2.57 bits per heavy atom. The van der Waals surface area contributed by atoms with Gasteiger partial charge in [0.1, 0.15) is 0 Å². The molecule has 1 aromatic rings. The van der Waals surface area contributed by atoms with E-state index in [1.165, 1.54) is 0 Å². The van der Waals surface area contributed by atoms with Crippen LogP contribution >= 0.6 is 0 Å². The van der Waals surface area contributed by atoms with Crippen molar-refractivity contribution in [3.8, 4) is 0 Å². The molecule has 1 aromatic heterocycles. The molecule has 0 saturated carbocycles. The first-order valence-electron chi connectivity index (χ1n) is 2.07. The second kappa shape index (κ2) is 1.33. The van der Waals surface area contributed by atoms with Crippen LogP contribution in [-0.4, -0.2) is 5.16 Å². The van der Waals surface area contributed by atoms with Gasteiger partial charge >= 0.3 is 12.2 Å². The Morgan fingerprint density at radius 1 is 1.86 bits per heavy atom. The van der Waals surface area contributed by atoms with Gasteiger partial charge in [0.25, 0.3) is 0 Å². The van der Waals surface area contributed by atoms with Crippen molar-refractivity contribution in [1.82, 2.24) is 5.16 Å². The van der Waals surface area contributed by atoms with Crippen molar-refractivity contribution in [3.63, 3.8) is 0 Å². The minimum absolute atomic E-state index is 0.819. The number of aryl methyl sites for hydroxylation is 2. The Morgan fingerprint density at radius 3 is 2.71 bits per heavy atom. The van der Waals surface area contributed by atoms with Crippen molar-refractivity contribution in [2.45, 2.75) is 6.92 Å². The van der Waals surface area contributed by atoms with Crippen molar-refractivity contribution in [1.29, 1.82) is 0 Å². The van der Waals surface area contributed by atoms with E-state index >= 15 is 0 Å². The first-order chi connectivity index (χ1) is 3.30. The molecule has 0 aliphatic heterocycles. The summed E-state index contributed by atoms with van der Waals surface area (Å²) < 4.78 is 6.48. The van der Waals surface area contributed by atoms with Gasteiger partial charge in [-0.15, -0.1) is 0 Å². The number of nitrogens with zero attached hydrogens (tertiary/aromatic N) is 2. The van der Waals surface area contributed by atoms with Crippen molar-refractivity contribution in [2.75, 3.05) is 0 Å². The molecular weight excluding hydrogens is 92.1 g/mol. The molecule has 0 spiro atoms. The van der Waals surface area contributed by atoms with Crippen LogP contribution in [0.15, 0.2) is 10.9 Å². The molecule has 1 rings (SSSR count). The zero-order valence-corrected chi connectivity index (χ0v) is 4.38. The maximum atomic E-state index is 4.68. The quantitative estimate of drug-likeness (QED) is 0.422. The maximum Gasteiger partial charge on any atom is 0.336 e. The van der Waals surface area contributed by atoms with Crippen LogP contribution in [0.5, 0.6) is 0 Å². The first-order valence-corrected chi connectivity index (χ1v) is 2.07. The largest absolute Gasteiger partial charge is 0.336 e. The summed E-state index contributed by atoms with van der Waals surface area (Å²) in [4.78, 5) is 0. The first kappa shape index (κ1) is 4.30. The normalized spacial score (nSPS) is 9.43. The van der Waals surface area contributed by atoms with E-state index < -0.39 is 0 Å². The van der Waals surface area contributed by atoms with Gasteiger partial charge in [0.2, 0.25) is 0 Å². The fourth-order valence-corrected chi connectivity index (χ4v) is 0.316. The molecule has 0 bridgehead atoms. The fraction of sp³-hybridized carbons (Fsp3) is 0.500. The lowest BCUT2D eigenvalue weighted by Gasteiger charge is -1.72. The van der Waals surface area contributed by atoms with E-state index in [0.717, 1.165) is 5.89 Å². The van der Waals surface area contributed by atoms with Crippen molar-refractivity contribution < 1.29 is 9.09 Å². The molecule has 0 radical (unpaired) electrons. The standard InChI is InChI=1S/C4H7N2O/c1-4-6(2)3-5-7-4/h3H,1-2H3/q+1. The van der Waals surface area contributed by atoms with Crippen molar-refractivity contribution >= 4 is 0 Å². The molecule has 0 atom stereocenters. The summed E-state index contributed by atoms with van der Waals surface area (Å²) in [5.74, 6) is 0.819. The minimum Gasteiger partial charge on any atom is -0.219 e. The number of hydrogen-bond donors (Lipinski definition) is 0. The second-order valence-electron chi connectivity index (χ2n) is 1.44. The Balaban J connectivity index is 3.12. The lowest BCUT2D eigenvalue weighted by molar-refractivity contribution is -0.681. The van der Waals surface area contributed by atoms with Crippen LogP contribution in [0.2, 0.25) is 0 Å². The van der Waals surface area contributed by atoms with Crippen molar-refractivity contribution in [3.05, 3.63) is 12.2 Å². The van der Waals surface area contributed by atoms with E-state index in [9.17, 15) is 0 Å². The van der Waals surface area contributed by atoms with Gasteiger partial charge in [0.05, 0.1) is 7.05 Å². The summed E-state index contributed by atoms with van der Waals surface area (Å²) in [5.41, 5.74) is 0. The monoisotopic (exact) mass is 99.1 g/mol. The van der Waals surface area contributed by atoms with Crippen LogP contribution in [0.3, 0.4) is 0 Å². The lowest BCUT2D eigenvalue weighted by atomic mass is 10.7. The van der Waals surface area contributed by atoms with E-state index in [1.54, 1.807) is 10.9 Å². The van der Waals surface area contributed by atoms with Crippen molar-refractivity contribution in [2.24, 2.45) is 7.05 Å². The molecule has 0 aromatic carbocycles. The zero-order valence-electron chi connectivity index (χ0n) is 4.38. The molecule has 0 amide bonds. The molecule has 0 aliphatic rings. The van der Waals surface area contributed by atoms with Crippen LogP contribution in [0.1, 0.15) is 5.89 Å². The highest BCUT2D eigenvalue weighted by molar-refractivity contribution is 4.48. The van der Waals surface area contributed by atoms with Gasteiger partial charge in [-0.1, -0.05) is 0 Å². The number of aromatic nitrogens is 2. The van der Waals surface area contributed by atoms with E-state index in [1.807, 2.05) is 14.0 Å². The summed E-state index contributed by atoms with van der Waals surface area (Å²) in [6, 6.07) is 0. The average Bonchev–Trinajstić information content (AvgIpc) is 1.91. The molecule has 0 N–H and O–H groups in total. The summed E-state index contributed by atoms with van der Waals surface area (Å²) in [7, 11) is 1.88. The summed E-state index contributed by atoms with van der Waals surface area (Å²) in [5, 5.41) is 3.51. The summed E-state index contributed by atoms with van der Waals surface area (Å²) in [6.07, 6.45) is 1.62. The predicted octanol–water partition coefficient (Wildman–Crippen LogP) is -0.192. The van der Waals surface area contributed by atoms with E-state index in [-0.39, 0.29) is 0 Å². The molecule has 0 fully saturated rings.